The van der Waals surface area contributed by atoms with Crippen LogP contribution in [0.4, 0.5) is 8.78 Å². The minimum atomic E-state index is -0.667. The van der Waals surface area contributed by atoms with Crippen molar-refractivity contribution in [1.29, 1.82) is 0 Å². The van der Waals surface area contributed by atoms with Crippen molar-refractivity contribution in [2.75, 3.05) is 0 Å². The highest BCUT2D eigenvalue weighted by molar-refractivity contribution is 4.98. The summed E-state index contributed by atoms with van der Waals surface area (Å²) in [6.07, 6.45) is 1.29. The van der Waals surface area contributed by atoms with Crippen LogP contribution < -0.4 is 0 Å². The molecule has 0 radical (unpaired) electrons. The van der Waals surface area contributed by atoms with Crippen molar-refractivity contribution in [2.24, 2.45) is 0 Å². The molecule has 0 aliphatic rings. The Morgan fingerprint density at radius 3 is 2.56 bits per heavy atom. The third kappa shape index (κ3) is 1.25. The smallest absolute Gasteiger partial charge is 0.147 e. The highest BCUT2D eigenvalue weighted by atomic mass is 19.1. The number of H-pyrrole nitrogens is 1. The Balaban J connectivity index is 2.74. The summed E-state index contributed by atoms with van der Waals surface area (Å²) in [6, 6.07) is 0. The normalized spacial score (nSPS) is 10.0. The van der Waals surface area contributed by atoms with Crippen LogP contribution in [-0.4, -0.2) is 9.97 Å². The number of halogens is 2. The molecular weight excluding hydrogens is 126 g/mol. The molecule has 9 heavy (non-hydrogen) atoms. The zero-order valence-corrected chi connectivity index (χ0v) is 4.69. The summed E-state index contributed by atoms with van der Waals surface area (Å²) >= 11 is 0. The second-order valence-corrected chi connectivity index (χ2v) is 1.62. The van der Waals surface area contributed by atoms with E-state index < -0.39 is 13.3 Å². The standard InChI is InChI=1S/C5H6F2N2/c6-1-4-3-8-5(2-7)9-4/h3H,1-2H2,(H,8,9). The Kier molecular flexibility index (Phi) is 1.77. The van der Waals surface area contributed by atoms with E-state index in [9.17, 15) is 8.78 Å². The average Bonchev–Trinajstić information content (AvgIpc) is 2.34. The molecule has 1 aromatic heterocycles. The summed E-state index contributed by atoms with van der Waals surface area (Å²) in [5, 5.41) is 0. The van der Waals surface area contributed by atoms with Crippen molar-refractivity contribution in [3.63, 3.8) is 0 Å². The van der Waals surface area contributed by atoms with Gasteiger partial charge in [-0.2, -0.15) is 0 Å². The van der Waals surface area contributed by atoms with Gasteiger partial charge in [-0.15, -0.1) is 0 Å². The van der Waals surface area contributed by atoms with Crippen LogP contribution in [0.5, 0.6) is 0 Å². The molecular formula is C5H6F2N2. The maximum Gasteiger partial charge on any atom is 0.147 e. The largest absolute Gasteiger partial charge is 0.341 e. The molecule has 0 atom stereocenters. The number of aromatic nitrogens is 2. The third-order valence-electron chi connectivity index (χ3n) is 0.952. The van der Waals surface area contributed by atoms with Crippen molar-refractivity contribution < 1.29 is 8.78 Å². The molecule has 0 saturated heterocycles. The number of nitrogens with zero attached hydrogens (tertiary/aromatic N) is 1. The molecule has 0 spiro atoms. The van der Waals surface area contributed by atoms with Crippen LogP contribution in [0.15, 0.2) is 6.20 Å². The summed E-state index contributed by atoms with van der Waals surface area (Å²) < 4.78 is 23.3. The van der Waals surface area contributed by atoms with Crippen LogP contribution in [0.3, 0.4) is 0 Å². The van der Waals surface area contributed by atoms with Crippen LogP contribution in [0.2, 0.25) is 0 Å². The molecule has 0 bridgehead atoms. The molecule has 0 aliphatic carbocycles. The molecule has 1 heterocycles. The van der Waals surface area contributed by atoms with Gasteiger partial charge in [-0.3, -0.25) is 0 Å². The Labute approximate surface area is 50.9 Å². The van der Waals surface area contributed by atoms with Crippen LogP contribution in [-0.2, 0) is 13.3 Å². The minimum Gasteiger partial charge on any atom is -0.341 e. The summed E-state index contributed by atoms with van der Waals surface area (Å²) in [6.45, 7) is -1.28. The van der Waals surface area contributed by atoms with E-state index in [1.54, 1.807) is 0 Å². The molecule has 0 amide bonds. The summed E-state index contributed by atoms with van der Waals surface area (Å²) in [4.78, 5) is 5.99. The van der Waals surface area contributed by atoms with Gasteiger partial charge in [0, 0.05) is 0 Å². The fourth-order valence-corrected chi connectivity index (χ4v) is 0.542. The van der Waals surface area contributed by atoms with Crippen LogP contribution in [0.25, 0.3) is 0 Å². The molecule has 1 aromatic rings. The summed E-state index contributed by atoms with van der Waals surface area (Å²) in [5.74, 6) is 0.183. The van der Waals surface area contributed by atoms with Crippen LogP contribution in [0, 0.1) is 0 Å². The lowest BCUT2D eigenvalue weighted by Crippen LogP contribution is -1.81. The number of hydrogen-bond acceptors (Lipinski definition) is 1. The number of alkyl halides is 2. The zero-order chi connectivity index (χ0) is 6.69. The first kappa shape index (κ1) is 6.19. The van der Waals surface area contributed by atoms with Crippen LogP contribution >= 0.6 is 0 Å². The van der Waals surface area contributed by atoms with Gasteiger partial charge in [-0.1, -0.05) is 0 Å². The number of nitrogens with one attached hydrogen (secondary N) is 1. The van der Waals surface area contributed by atoms with Gasteiger partial charge in [0.1, 0.15) is 19.2 Å². The second kappa shape index (κ2) is 2.57. The Hall–Kier alpha value is -0.930. The summed E-state index contributed by atoms with van der Waals surface area (Å²) in [5.41, 5.74) is 0.322. The molecule has 4 heteroatoms. The van der Waals surface area contributed by atoms with Gasteiger partial charge in [0.05, 0.1) is 11.9 Å². The first-order valence-corrected chi connectivity index (χ1v) is 2.51. The first-order valence-electron chi connectivity index (χ1n) is 2.51. The fraction of sp³-hybridized carbons (Fsp3) is 0.400. The van der Waals surface area contributed by atoms with Gasteiger partial charge in [-0.05, 0) is 0 Å². The van der Waals surface area contributed by atoms with E-state index in [-0.39, 0.29) is 5.82 Å². The molecule has 0 saturated carbocycles. The minimum absolute atomic E-state index is 0.183. The molecule has 0 aliphatic heterocycles. The maximum atomic E-state index is 11.7. The van der Waals surface area contributed by atoms with E-state index in [2.05, 4.69) is 9.97 Å². The summed E-state index contributed by atoms with van der Waals surface area (Å²) in [7, 11) is 0. The van der Waals surface area contributed by atoms with E-state index in [0.717, 1.165) is 0 Å². The molecule has 2 nitrogen and oxygen atoms in total. The number of rotatable bonds is 2. The molecule has 0 aromatic carbocycles. The van der Waals surface area contributed by atoms with Crippen molar-refractivity contribution in [3.05, 3.63) is 17.7 Å². The van der Waals surface area contributed by atoms with E-state index >= 15 is 0 Å². The highest BCUT2D eigenvalue weighted by Crippen LogP contribution is 1.99. The molecule has 50 valence electrons. The molecule has 1 rings (SSSR count). The topological polar surface area (TPSA) is 28.7 Å². The van der Waals surface area contributed by atoms with Gasteiger partial charge in [0.2, 0.25) is 0 Å². The predicted octanol–water partition coefficient (Wildman–Crippen LogP) is 1.35. The Morgan fingerprint density at radius 1 is 1.44 bits per heavy atom. The molecule has 0 fully saturated rings. The van der Waals surface area contributed by atoms with Gasteiger partial charge in [0.15, 0.2) is 0 Å². The number of hydrogen-bond donors (Lipinski definition) is 1. The first-order chi connectivity index (χ1) is 4.36. The maximum absolute atomic E-state index is 11.7. The molecule has 0 unspecified atom stereocenters. The van der Waals surface area contributed by atoms with Crippen molar-refractivity contribution in [1.82, 2.24) is 9.97 Å². The van der Waals surface area contributed by atoms with Gasteiger partial charge >= 0.3 is 0 Å². The second-order valence-electron chi connectivity index (χ2n) is 1.62. The highest BCUT2D eigenvalue weighted by Gasteiger charge is 1.96. The quantitative estimate of drug-likeness (QED) is 0.646. The number of aromatic amines is 1. The third-order valence-corrected chi connectivity index (χ3v) is 0.952. The zero-order valence-electron chi connectivity index (χ0n) is 4.69. The Bertz CT molecular complexity index is 166. The number of imidazole rings is 1. The van der Waals surface area contributed by atoms with Crippen molar-refractivity contribution in [3.8, 4) is 0 Å². The fourth-order valence-electron chi connectivity index (χ4n) is 0.542. The van der Waals surface area contributed by atoms with Crippen molar-refractivity contribution in [2.45, 2.75) is 13.3 Å². The van der Waals surface area contributed by atoms with E-state index in [1.807, 2.05) is 0 Å². The van der Waals surface area contributed by atoms with Crippen LogP contribution in [0.1, 0.15) is 11.5 Å². The van der Waals surface area contributed by atoms with Crippen molar-refractivity contribution >= 4 is 0 Å². The van der Waals surface area contributed by atoms with E-state index in [1.165, 1.54) is 6.20 Å². The van der Waals surface area contributed by atoms with E-state index in [4.69, 9.17) is 0 Å². The Morgan fingerprint density at radius 2 is 2.22 bits per heavy atom. The van der Waals surface area contributed by atoms with E-state index in [0.29, 0.717) is 5.69 Å². The lowest BCUT2D eigenvalue weighted by molar-refractivity contribution is 0.459. The van der Waals surface area contributed by atoms with Gasteiger partial charge < -0.3 is 4.98 Å². The predicted molar refractivity (Wildman–Crippen MR) is 28.2 cm³/mol. The molecule has 1 N–H and O–H groups in total. The SMILES string of the molecule is FCc1cnc(CF)[nH]1. The lowest BCUT2D eigenvalue weighted by atomic mass is 10.5. The average molecular weight is 132 g/mol. The monoisotopic (exact) mass is 132 g/mol. The lowest BCUT2D eigenvalue weighted by Gasteiger charge is -1.82. The van der Waals surface area contributed by atoms with Gasteiger partial charge in [0.25, 0.3) is 0 Å². The van der Waals surface area contributed by atoms with Gasteiger partial charge in [-0.25, -0.2) is 13.8 Å².